The van der Waals surface area contributed by atoms with Crippen molar-refractivity contribution in [3.63, 3.8) is 0 Å². The number of allylic oxidation sites excluding steroid dienone is 1. The van der Waals surface area contributed by atoms with Gasteiger partial charge in [0.2, 0.25) is 5.75 Å². The highest BCUT2D eigenvalue weighted by atomic mass is 35.5. The van der Waals surface area contributed by atoms with Crippen molar-refractivity contribution >= 4 is 40.1 Å². The second-order valence-electron chi connectivity index (χ2n) is 14.4. The Morgan fingerprint density at radius 2 is 1.65 bits per heavy atom. The number of para-hydroxylation sites is 1. The molecule has 1 aliphatic rings. The van der Waals surface area contributed by atoms with E-state index < -0.39 is 0 Å². The van der Waals surface area contributed by atoms with Crippen molar-refractivity contribution in [1.82, 2.24) is 9.88 Å². The standard InChI is InChI=1S/C43H44ClFN2O5/c1-25-17-31(15-16-34(25)45)52-36-23-30(44)14-13-27(36)24-47(5)42(48)39-32-11-9-10-12-35(32)46-40-28(21-29(22-33(39)40)43(2,3)4)18-26-19-37(49-6)41(51-8)38(20-26)50-7/h9-20,23,29H,21-22,24H2,1-8H3/b28-18-. The molecule has 0 radical (unpaired) electrons. The first-order valence-corrected chi connectivity index (χ1v) is 17.6. The van der Waals surface area contributed by atoms with E-state index in [2.05, 4.69) is 26.8 Å². The molecule has 0 fully saturated rings. The minimum Gasteiger partial charge on any atom is -0.493 e. The summed E-state index contributed by atoms with van der Waals surface area (Å²) >= 11 is 6.40. The van der Waals surface area contributed by atoms with E-state index in [4.69, 9.17) is 35.5 Å². The van der Waals surface area contributed by atoms with Gasteiger partial charge < -0.3 is 23.8 Å². The molecule has 0 spiro atoms. The summed E-state index contributed by atoms with van der Waals surface area (Å²) in [4.78, 5) is 21.8. The van der Waals surface area contributed by atoms with Crippen LogP contribution in [0.15, 0.2) is 72.8 Å². The van der Waals surface area contributed by atoms with Crippen molar-refractivity contribution in [1.29, 1.82) is 0 Å². The number of rotatable bonds is 9. The molecular formula is C43H44ClFN2O5. The number of halogens is 2. The quantitative estimate of drug-likeness (QED) is 0.151. The molecule has 1 atom stereocenters. The number of hydrogen-bond donors (Lipinski definition) is 0. The lowest BCUT2D eigenvalue weighted by atomic mass is 9.68. The van der Waals surface area contributed by atoms with Crippen LogP contribution in [0.25, 0.3) is 22.6 Å². The molecule has 0 bridgehead atoms. The zero-order chi connectivity index (χ0) is 37.3. The molecule has 4 aromatic carbocycles. The first-order valence-electron chi connectivity index (χ1n) is 17.2. The molecule has 1 heterocycles. The molecule has 7 nitrogen and oxygen atoms in total. The van der Waals surface area contributed by atoms with Crippen LogP contribution in [0.1, 0.15) is 65.5 Å². The van der Waals surface area contributed by atoms with Crippen molar-refractivity contribution in [3.05, 3.63) is 117 Å². The molecule has 52 heavy (non-hydrogen) atoms. The zero-order valence-electron chi connectivity index (χ0n) is 30.9. The van der Waals surface area contributed by atoms with Crippen molar-refractivity contribution in [2.45, 2.75) is 47.1 Å². The van der Waals surface area contributed by atoms with Gasteiger partial charge in [0.15, 0.2) is 11.5 Å². The third-order valence-corrected chi connectivity index (χ3v) is 10.1. The highest BCUT2D eigenvalue weighted by Crippen LogP contribution is 2.46. The molecule has 1 aliphatic carbocycles. The monoisotopic (exact) mass is 722 g/mol. The topological polar surface area (TPSA) is 70.1 Å². The van der Waals surface area contributed by atoms with Gasteiger partial charge in [-0.1, -0.05) is 56.6 Å². The number of aromatic nitrogens is 1. The average Bonchev–Trinajstić information content (AvgIpc) is 3.12. The van der Waals surface area contributed by atoms with Crippen LogP contribution in [0, 0.1) is 24.1 Å². The van der Waals surface area contributed by atoms with Crippen molar-refractivity contribution in [2.75, 3.05) is 28.4 Å². The molecule has 0 saturated heterocycles. The lowest BCUT2D eigenvalue weighted by molar-refractivity contribution is 0.0784. The summed E-state index contributed by atoms with van der Waals surface area (Å²) in [6, 6.07) is 21.6. The third kappa shape index (κ3) is 7.44. The molecule has 0 N–H and O–H groups in total. The fraction of sp³-hybridized carbons (Fsp3) is 0.302. The Morgan fingerprint density at radius 3 is 2.31 bits per heavy atom. The normalized spacial score (nSPS) is 15.0. The molecule has 6 rings (SSSR count). The van der Waals surface area contributed by atoms with Crippen LogP contribution in [-0.2, 0) is 13.0 Å². The number of carbonyl (C=O) groups excluding carboxylic acids is 1. The zero-order valence-corrected chi connectivity index (χ0v) is 31.7. The molecular weight excluding hydrogens is 679 g/mol. The van der Waals surface area contributed by atoms with Crippen LogP contribution >= 0.6 is 11.6 Å². The van der Waals surface area contributed by atoms with Gasteiger partial charge in [0, 0.05) is 29.6 Å². The van der Waals surface area contributed by atoms with Crippen LogP contribution in [0.5, 0.6) is 28.7 Å². The van der Waals surface area contributed by atoms with E-state index in [-0.39, 0.29) is 29.6 Å². The minimum absolute atomic E-state index is 0.0574. The highest BCUT2D eigenvalue weighted by Gasteiger charge is 2.36. The number of amides is 1. The van der Waals surface area contributed by atoms with Gasteiger partial charge in [0.25, 0.3) is 5.91 Å². The Morgan fingerprint density at radius 1 is 0.942 bits per heavy atom. The van der Waals surface area contributed by atoms with Crippen LogP contribution in [0.2, 0.25) is 5.02 Å². The van der Waals surface area contributed by atoms with Gasteiger partial charge in [-0.3, -0.25) is 4.79 Å². The molecule has 270 valence electrons. The minimum atomic E-state index is -0.313. The van der Waals surface area contributed by atoms with Gasteiger partial charge in [0.05, 0.1) is 38.1 Å². The summed E-state index contributed by atoms with van der Waals surface area (Å²) in [7, 11) is 6.58. The van der Waals surface area contributed by atoms with Crippen LogP contribution in [-0.4, -0.2) is 44.2 Å². The number of ether oxygens (including phenoxy) is 4. The van der Waals surface area contributed by atoms with Crippen LogP contribution in [0.4, 0.5) is 4.39 Å². The first kappa shape index (κ1) is 36.7. The van der Waals surface area contributed by atoms with Crippen LogP contribution in [0.3, 0.4) is 0 Å². The molecule has 9 heteroatoms. The fourth-order valence-electron chi connectivity index (χ4n) is 6.85. The van der Waals surface area contributed by atoms with Gasteiger partial charge in [-0.05, 0) is 108 Å². The SMILES string of the molecule is COc1cc(/C=C2/CC(C(C)(C)C)Cc3c2nc2ccccc2c3C(=O)N(C)Cc2ccc(Cl)cc2Oc2ccc(F)c(C)c2)cc(OC)c1OC. The largest absolute Gasteiger partial charge is 0.493 e. The number of fused-ring (bicyclic) bond motifs is 2. The molecule has 5 aromatic rings. The maximum absolute atomic E-state index is 14.8. The number of benzene rings is 4. The molecule has 0 saturated carbocycles. The van der Waals surface area contributed by atoms with Crippen molar-refractivity contribution in [2.24, 2.45) is 11.3 Å². The number of aryl methyl sites for hydroxylation is 1. The summed E-state index contributed by atoms with van der Waals surface area (Å²) in [6.45, 7) is 8.65. The van der Waals surface area contributed by atoms with Crippen LogP contribution < -0.4 is 18.9 Å². The van der Waals surface area contributed by atoms with E-state index in [1.807, 2.05) is 42.5 Å². The Bertz CT molecular complexity index is 2170. The number of hydrogen-bond acceptors (Lipinski definition) is 6. The van der Waals surface area contributed by atoms with Crippen molar-refractivity contribution < 1.29 is 28.1 Å². The molecule has 0 aliphatic heterocycles. The first-order chi connectivity index (χ1) is 24.8. The lowest BCUT2D eigenvalue weighted by Gasteiger charge is -2.37. The van der Waals surface area contributed by atoms with Gasteiger partial charge in [-0.25, -0.2) is 9.37 Å². The lowest BCUT2D eigenvalue weighted by Crippen LogP contribution is -2.32. The second kappa shape index (κ2) is 14.9. The predicted molar refractivity (Wildman–Crippen MR) is 205 cm³/mol. The number of nitrogens with zero attached hydrogens (tertiary/aromatic N) is 2. The molecule has 1 amide bonds. The van der Waals surface area contributed by atoms with E-state index >= 15 is 0 Å². The van der Waals surface area contributed by atoms with Crippen molar-refractivity contribution in [3.8, 4) is 28.7 Å². The van der Waals surface area contributed by atoms with Gasteiger partial charge in [-0.2, -0.15) is 0 Å². The van der Waals surface area contributed by atoms with Gasteiger partial charge in [0.1, 0.15) is 17.3 Å². The summed E-state index contributed by atoms with van der Waals surface area (Å²) in [5.74, 6) is 2.38. The van der Waals surface area contributed by atoms with E-state index in [9.17, 15) is 9.18 Å². The van der Waals surface area contributed by atoms with Gasteiger partial charge >= 0.3 is 0 Å². The maximum Gasteiger partial charge on any atom is 0.254 e. The van der Waals surface area contributed by atoms with E-state index in [1.54, 1.807) is 64.5 Å². The molecule has 1 unspecified atom stereocenters. The smallest absolute Gasteiger partial charge is 0.254 e. The fourth-order valence-corrected chi connectivity index (χ4v) is 7.01. The Hall–Kier alpha value is -5.08. The Kier molecular flexibility index (Phi) is 10.5. The van der Waals surface area contributed by atoms with Gasteiger partial charge in [-0.15, -0.1) is 0 Å². The molecule has 1 aromatic heterocycles. The number of pyridine rings is 1. The summed E-state index contributed by atoms with van der Waals surface area (Å²) in [5, 5.41) is 1.29. The maximum atomic E-state index is 14.8. The van der Waals surface area contributed by atoms with E-state index in [0.717, 1.165) is 45.3 Å². The Labute approximate surface area is 309 Å². The number of methoxy groups -OCH3 is 3. The summed E-state index contributed by atoms with van der Waals surface area (Å²) in [6.07, 6.45) is 3.59. The summed E-state index contributed by atoms with van der Waals surface area (Å²) in [5.41, 5.74) is 6.18. The van der Waals surface area contributed by atoms with E-state index in [0.29, 0.717) is 51.3 Å². The third-order valence-electron chi connectivity index (χ3n) is 9.82. The Balaban J connectivity index is 1.46. The average molecular weight is 723 g/mol. The van der Waals surface area contributed by atoms with E-state index in [1.165, 1.54) is 6.07 Å². The number of carbonyl (C=O) groups is 1. The summed E-state index contributed by atoms with van der Waals surface area (Å²) < 4.78 is 37.1. The second-order valence-corrected chi connectivity index (χ2v) is 14.8. The highest BCUT2D eigenvalue weighted by molar-refractivity contribution is 6.30. The predicted octanol–water partition coefficient (Wildman–Crippen LogP) is 10.6.